The second-order valence-electron chi connectivity index (χ2n) is 3.35. The zero-order valence-corrected chi connectivity index (χ0v) is 10.3. The number of amides is 1. The van der Waals surface area contributed by atoms with Gasteiger partial charge in [0.2, 0.25) is 10.0 Å². The van der Waals surface area contributed by atoms with Crippen molar-refractivity contribution in [2.24, 2.45) is 5.14 Å². The fourth-order valence-corrected chi connectivity index (χ4v) is 1.82. The van der Waals surface area contributed by atoms with Gasteiger partial charge in [0.25, 0.3) is 5.91 Å². The predicted octanol–water partition coefficient (Wildman–Crippen LogP) is 0.604. The van der Waals surface area contributed by atoms with Gasteiger partial charge in [0, 0.05) is 5.69 Å². The summed E-state index contributed by atoms with van der Waals surface area (Å²) in [6.45, 7) is 3.22. The fourth-order valence-electron chi connectivity index (χ4n) is 1.22. The molecular weight excluding hydrogens is 240 g/mol. The van der Waals surface area contributed by atoms with Crippen LogP contribution in [-0.2, 0) is 14.8 Å². The Kier molecular flexibility index (Phi) is 3.89. The molecule has 90 valence electrons. The van der Waals surface area contributed by atoms with Gasteiger partial charge in [-0.3, -0.25) is 4.79 Å². The maximum absolute atomic E-state index is 11.2. The zero-order chi connectivity index (χ0) is 13.1. The number of benzene rings is 1. The average Bonchev–Trinajstić information content (AvgIpc) is 2.20. The van der Waals surface area contributed by atoms with E-state index in [9.17, 15) is 13.2 Å². The predicted molar refractivity (Wildman–Crippen MR) is 64.6 cm³/mol. The van der Waals surface area contributed by atoms with Crippen LogP contribution in [0.2, 0.25) is 0 Å². The minimum absolute atomic E-state index is 0.00887. The minimum atomic E-state index is -3.72. The first-order valence-electron chi connectivity index (χ1n) is 4.72. The van der Waals surface area contributed by atoms with Gasteiger partial charge in [-0.1, -0.05) is 5.92 Å². The Morgan fingerprint density at radius 2 is 2.06 bits per heavy atom. The van der Waals surface area contributed by atoms with Gasteiger partial charge >= 0.3 is 0 Å². The number of primary sulfonamides is 1. The van der Waals surface area contributed by atoms with Crippen molar-refractivity contribution in [3.63, 3.8) is 0 Å². The molecule has 0 bridgehead atoms. The van der Waals surface area contributed by atoms with Gasteiger partial charge in [-0.05, 0) is 43.5 Å². The summed E-state index contributed by atoms with van der Waals surface area (Å²) in [7, 11) is -3.72. The molecule has 3 N–H and O–H groups in total. The highest BCUT2D eigenvalue weighted by molar-refractivity contribution is 7.89. The molecule has 0 radical (unpaired) electrons. The summed E-state index contributed by atoms with van der Waals surface area (Å²) in [4.78, 5) is 11.2. The van der Waals surface area contributed by atoms with Gasteiger partial charge in [-0.25, -0.2) is 13.6 Å². The smallest absolute Gasteiger partial charge is 0.300 e. The number of sulfonamides is 1. The Labute approximate surface area is 100 Å². The Balaban J connectivity index is 3.06. The van der Waals surface area contributed by atoms with E-state index in [-0.39, 0.29) is 4.90 Å². The maximum atomic E-state index is 11.2. The third kappa shape index (κ3) is 3.59. The van der Waals surface area contributed by atoms with Gasteiger partial charge in [-0.15, -0.1) is 0 Å². The summed E-state index contributed by atoms with van der Waals surface area (Å²) >= 11 is 0. The molecule has 1 aromatic carbocycles. The highest BCUT2D eigenvalue weighted by Gasteiger charge is 2.10. The number of nitrogens with two attached hydrogens (primary N) is 1. The van der Waals surface area contributed by atoms with Crippen LogP contribution in [0.15, 0.2) is 23.1 Å². The summed E-state index contributed by atoms with van der Waals surface area (Å²) < 4.78 is 22.2. The van der Waals surface area contributed by atoms with Crippen molar-refractivity contribution in [1.82, 2.24) is 0 Å². The monoisotopic (exact) mass is 252 g/mol. The van der Waals surface area contributed by atoms with Gasteiger partial charge in [0.15, 0.2) is 0 Å². The number of rotatable bonds is 2. The largest absolute Gasteiger partial charge is 0.315 e. The molecule has 0 saturated carbocycles. The molecule has 0 aliphatic heterocycles. The highest BCUT2D eigenvalue weighted by atomic mass is 32.2. The van der Waals surface area contributed by atoms with Crippen LogP contribution in [0.5, 0.6) is 0 Å². The van der Waals surface area contributed by atoms with Gasteiger partial charge < -0.3 is 5.32 Å². The van der Waals surface area contributed by atoms with E-state index >= 15 is 0 Å². The second kappa shape index (κ2) is 4.99. The van der Waals surface area contributed by atoms with Crippen molar-refractivity contribution in [1.29, 1.82) is 0 Å². The fraction of sp³-hybridized carbons (Fsp3) is 0.182. The van der Waals surface area contributed by atoms with Crippen molar-refractivity contribution in [2.45, 2.75) is 18.7 Å². The second-order valence-corrected chi connectivity index (χ2v) is 4.91. The van der Waals surface area contributed by atoms with Crippen molar-refractivity contribution < 1.29 is 13.2 Å². The molecule has 0 saturated heterocycles. The number of carbonyl (C=O) groups is 1. The first-order chi connectivity index (χ1) is 7.84. The molecular formula is C11H12N2O3S. The molecule has 0 fully saturated rings. The molecule has 0 atom stereocenters. The van der Waals surface area contributed by atoms with Gasteiger partial charge in [0.05, 0.1) is 4.90 Å². The van der Waals surface area contributed by atoms with Crippen LogP contribution in [0.1, 0.15) is 12.5 Å². The Morgan fingerprint density at radius 3 is 2.53 bits per heavy atom. The van der Waals surface area contributed by atoms with Crippen molar-refractivity contribution in [3.8, 4) is 11.8 Å². The maximum Gasteiger partial charge on any atom is 0.300 e. The van der Waals surface area contributed by atoms with Crippen LogP contribution in [0.3, 0.4) is 0 Å². The van der Waals surface area contributed by atoms with Crippen LogP contribution in [-0.4, -0.2) is 14.3 Å². The molecule has 0 aliphatic rings. The summed E-state index contributed by atoms with van der Waals surface area (Å²) in [5.74, 6) is 4.34. The molecule has 1 amide bonds. The van der Waals surface area contributed by atoms with E-state index in [1.807, 2.05) is 0 Å². The topological polar surface area (TPSA) is 89.3 Å². The summed E-state index contributed by atoms with van der Waals surface area (Å²) in [5, 5.41) is 7.53. The van der Waals surface area contributed by atoms with E-state index in [0.29, 0.717) is 11.3 Å². The first-order valence-corrected chi connectivity index (χ1v) is 6.26. The Hall–Kier alpha value is -1.84. The lowest BCUT2D eigenvalue weighted by molar-refractivity contribution is -0.111. The lowest BCUT2D eigenvalue weighted by Gasteiger charge is -2.07. The molecule has 1 rings (SSSR count). The zero-order valence-electron chi connectivity index (χ0n) is 9.44. The quantitative estimate of drug-likeness (QED) is 0.755. The van der Waals surface area contributed by atoms with E-state index in [2.05, 4.69) is 17.2 Å². The number of nitrogens with one attached hydrogen (secondary N) is 1. The SMILES string of the molecule is CC#CC(=O)Nc1ccc(S(N)(=O)=O)cc1C. The number of aryl methyl sites for hydroxylation is 1. The van der Waals surface area contributed by atoms with Crippen LogP contribution < -0.4 is 10.5 Å². The van der Waals surface area contributed by atoms with Crippen molar-refractivity contribution in [2.75, 3.05) is 5.32 Å². The van der Waals surface area contributed by atoms with Crippen LogP contribution in [0.25, 0.3) is 0 Å². The van der Waals surface area contributed by atoms with E-state index in [0.717, 1.165) is 0 Å². The minimum Gasteiger partial charge on any atom is -0.315 e. The van der Waals surface area contributed by atoms with Gasteiger partial charge in [-0.2, -0.15) is 0 Å². The lowest BCUT2D eigenvalue weighted by atomic mass is 10.2. The van der Waals surface area contributed by atoms with Gasteiger partial charge in [0.1, 0.15) is 0 Å². The average molecular weight is 252 g/mol. The van der Waals surface area contributed by atoms with E-state index in [4.69, 9.17) is 5.14 Å². The number of carbonyl (C=O) groups excluding carboxylic acids is 1. The van der Waals surface area contributed by atoms with Crippen molar-refractivity contribution >= 4 is 21.6 Å². The van der Waals surface area contributed by atoms with Crippen molar-refractivity contribution in [3.05, 3.63) is 23.8 Å². The number of hydrogen-bond donors (Lipinski definition) is 2. The lowest BCUT2D eigenvalue weighted by Crippen LogP contribution is -2.13. The molecule has 0 heterocycles. The number of hydrogen-bond acceptors (Lipinski definition) is 3. The molecule has 0 aliphatic carbocycles. The Morgan fingerprint density at radius 1 is 1.41 bits per heavy atom. The van der Waals surface area contributed by atoms with E-state index in [1.54, 1.807) is 13.8 Å². The molecule has 17 heavy (non-hydrogen) atoms. The molecule has 1 aromatic rings. The van der Waals surface area contributed by atoms with E-state index in [1.165, 1.54) is 18.2 Å². The molecule has 0 spiro atoms. The molecule has 5 nitrogen and oxygen atoms in total. The first kappa shape index (κ1) is 13.2. The highest BCUT2D eigenvalue weighted by Crippen LogP contribution is 2.18. The summed E-state index contributed by atoms with van der Waals surface area (Å²) in [6, 6.07) is 4.20. The molecule has 0 unspecified atom stereocenters. The molecule has 6 heteroatoms. The van der Waals surface area contributed by atoms with Crippen LogP contribution in [0.4, 0.5) is 5.69 Å². The normalized spacial score (nSPS) is 10.3. The van der Waals surface area contributed by atoms with E-state index < -0.39 is 15.9 Å². The summed E-state index contributed by atoms with van der Waals surface area (Å²) in [5.41, 5.74) is 1.10. The Bertz CT molecular complexity index is 609. The number of anilines is 1. The third-order valence-corrected chi connectivity index (χ3v) is 2.92. The summed E-state index contributed by atoms with van der Waals surface area (Å²) in [6.07, 6.45) is 0. The van der Waals surface area contributed by atoms with Crippen LogP contribution >= 0.6 is 0 Å². The molecule has 0 aromatic heterocycles. The standard InChI is InChI=1S/C11H12N2O3S/c1-3-4-11(14)13-10-6-5-9(7-8(10)2)17(12,15)16/h5-7H,1-2H3,(H,13,14)(H2,12,15,16). The third-order valence-electron chi connectivity index (χ3n) is 2.01. The van der Waals surface area contributed by atoms with Crippen LogP contribution in [0, 0.1) is 18.8 Å².